The standard InChI is InChI=1S/C12H11Cl2N3/c13-10-3-1-9(2-4-10)7-8-15-12-6-5-11(14)16-17-12/h1-6H,7-8H2,(H,15,17). The normalized spacial score (nSPS) is 10.2. The minimum atomic E-state index is 0.397. The second-order valence-electron chi connectivity index (χ2n) is 3.54. The Morgan fingerprint density at radius 2 is 1.71 bits per heavy atom. The summed E-state index contributed by atoms with van der Waals surface area (Å²) in [4.78, 5) is 0. The van der Waals surface area contributed by atoms with Gasteiger partial charge in [-0.15, -0.1) is 10.2 Å². The number of nitrogens with one attached hydrogen (secondary N) is 1. The number of anilines is 1. The van der Waals surface area contributed by atoms with Gasteiger partial charge in [0.15, 0.2) is 5.15 Å². The average Bonchev–Trinajstić information content (AvgIpc) is 2.34. The minimum Gasteiger partial charge on any atom is -0.368 e. The number of halogens is 2. The van der Waals surface area contributed by atoms with Crippen molar-refractivity contribution in [3.05, 3.63) is 52.1 Å². The van der Waals surface area contributed by atoms with Crippen LogP contribution in [0.15, 0.2) is 36.4 Å². The average molecular weight is 268 g/mol. The molecule has 2 aromatic rings. The van der Waals surface area contributed by atoms with Crippen molar-refractivity contribution >= 4 is 29.0 Å². The van der Waals surface area contributed by atoms with E-state index >= 15 is 0 Å². The topological polar surface area (TPSA) is 37.8 Å². The molecule has 0 aliphatic carbocycles. The molecule has 88 valence electrons. The maximum atomic E-state index is 5.81. The molecule has 1 aromatic heterocycles. The van der Waals surface area contributed by atoms with Crippen LogP contribution in [0.2, 0.25) is 10.2 Å². The number of hydrogen-bond donors (Lipinski definition) is 1. The Morgan fingerprint density at radius 3 is 2.35 bits per heavy atom. The molecule has 0 saturated heterocycles. The molecule has 0 aliphatic rings. The lowest BCUT2D eigenvalue weighted by Gasteiger charge is -2.04. The summed E-state index contributed by atoms with van der Waals surface area (Å²) in [7, 11) is 0. The quantitative estimate of drug-likeness (QED) is 0.923. The van der Waals surface area contributed by atoms with Gasteiger partial charge in [-0.05, 0) is 36.2 Å². The highest BCUT2D eigenvalue weighted by Crippen LogP contribution is 2.10. The summed E-state index contributed by atoms with van der Waals surface area (Å²) in [6.07, 6.45) is 0.904. The highest BCUT2D eigenvalue weighted by Gasteiger charge is 1.96. The summed E-state index contributed by atoms with van der Waals surface area (Å²) in [5.74, 6) is 0.725. The number of aromatic nitrogens is 2. The van der Waals surface area contributed by atoms with E-state index in [-0.39, 0.29) is 0 Å². The molecule has 17 heavy (non-hydrogen) atoms. The maximum absolute atomic E-state index is 5.81. The lowest BCUT2D eigenvalue weighted by Crippen LogP contribution is -2.06. The Kier molecular flexibility index (Phi) is 4.18. The highest BCUT2D eigenvalue weighted by atomic mass is 35.5. The van der Waals surface area contributed by atoms with Crippen LogP contribution in [0.3, 0.4) is 0 Å². The fourth-order valence-electron chi connectivity index (χ4n) is 1.40. The first-order valence-corrected chi connectivity index (χ1v) is 5.97. The van der Waals surface area contributed by atoms with Gasteiger partial charge in [0.2, 0.25) is 0 Å². The SMILES string of the molecule is Clc1ccc(CCNc2ccc(Cl)nn2)cc1. The summed E-state index contributed by atoms with van der Waals surface area (Å²) in [6.45, 7) is 0.790. The van der Waals surface area contributed by atoms with Crippen LogP contribution < -0.4 is 5.32 Å². The maximum Gasteiger partial charge on any atom is 0.151 e. The van der Waals surface area contributed by atoms with Crippen molar-refractivity contribution in [3.8, 4) is 0 Å². The van der Waals surface area contributed by atoms with Crippen LogP contribution in [-0.2, 0) is 6.42 Å². The zero-order valence-corrected chi connectivity index (χ0v) is 10.5. The van der Waals surface area contributed by atoms with E-state index in [9.17, 15) is 0 Å². The van der Waals surface area contributed by atoms with E-state index in [1.165, 1.54) is 5.56 Å². The molecule has 5 heteroatoms. The van der Waals surface area contributed by atoms with Crippen molar-refractivity contribution in [2.75, 3.05) is 11.9 Å². The molecule has 1 heterocycles. The summed E-state index contributed by atoms with van der Waals surface area (Å²) in [5, 5.41) is 12.0. The Labute approximate surface area is 110 Å². The molecule has 3 nitrogen and oxygen atoms in total. The molecule has 1 aromatic carbocycles. The van der Waals surface area contributed by atoms with Crippen molar-refractivity contribution in [1.29, 1.82) is 0 Å². The van der Waals surface area contributed by atoms with Crippen LogP contribution in [0.5, 0.6) is 0 Å². The molecular weight excluding hydrogens is 257 g/mol. The number of benzene rings is 1. The molecule has 0 saturated carbocycles. The lowest BCUT2D eigenvalue weighted by molar-refractivity contribution is 0.967. The van der Waals surface area contributed by atoms with Crippen LogP contribution >= 0.6 is 23.2 Å². The summed E-state index contributed by atoms with van der Waals surface area (Å²) in [5.41, 5.74) is 1.23. The molecule has 0 radical (unpaired) electrons. The summed E-state index contributed by atoms with van der Waals surface area (Å²) >= 11 is 11.5. The van der Waals surface area contributed by atoms with E-state index in [1.807, 2.05) is 24.3 Å². The third kappa shape index (κ3) is 3.88. The van der Waals surface area contributed by atoms with Crippen molar-refractivity contribution in [1.82, 2.24) is 10.2 Å². The van der Waals surface area contributed by atoms with Gasteiger partial charge in [-0.2, -0.15) is 0 Å². The molecular formula is C12H11Cl2N3. The van der Waals surface area contributed by atoms with E-state index in [4.69, 9.17) is 23.2 Å². The number of hydrogen-bond acceptors (Lipinski definition) is 3. The monoisotopic (exact) mass is 267 g/mol. The lowest BCUT2D eigenvalue weighted by atomic mass is 10.1. The molecule has 0 fully saturated rings. The molecule has 0 aliphatic heterocycles. The van der Waals surface area contributed by atoms with Crippen LogP contribution in [0.4, 0.5) is 5.82 Å². The summed E-state index contributed by atoms with van der Waals surface area (Å²) in [6, 6.07) is 11.3. The van der Waals surface area contributed by atoms with Crippen LogP contribution in [0.1, 0.15) is 5.56 Å². The van der Waals surface area contributed by atoms with Crippen LogP contribution in [0.25, 0.3) is 0 Å². The van der Waals surface area contributed by atoms with Crippen molar-refractivity contribution < 1.29 is 0 Å². The Bertz CT molecular complexity index is 423. The van der Waals surface area contributed by atoms with Gasteiger partial charge in [0.1, 0.15) is 5.82 Å². The predicted molar refractivity (Wildman–Crippen MR) is 70.7 cm³/mol. The zero-order valence-electron chi connectivity index (χ0n) is 9.03. The molecule has 1 N–H and O–H groups in total. The third-order valence-corrected chi connectivity index (χ3v) is 2.72. The first-order valence-electron chi connectivity index (χ1n) is 5.21. The van der Waals surface area contributed by atoms with Gasteiger partial charge in [0.25, 0.3) is 0 Å². The third-order valence-electron chi connectivity index (χ3n) is 2.27. The molecule has 0 amide bonds. The minimum absolute atomic E-state index is 0.397. The van der Waals surface area contributed by atoms with Gasteiger partial charge < -0.3 is 5.32 Å². The van der Waals surface area contributed by atoms with E-state index in [0.29, 0.717) is 5.15 Å². The van der Waals surface area contributed by atoms with Gasteiger partial charge in [-0.1, -0.05) is 35.3 Å². The molecule has 2 rings (SSSR count). The van der Waals surface area contributed by atoms with Crippen LogP contribution in [-0.4, -0.2) is 16.7 Å². The van der Waals surface area contributed by atoms with Gasteiger partial charge in [0, 0.05) is 11.6 Å². The Hall–Kier alpha value is -1.32. The highest BCUT2D eigenvalue weighted by molar-refractivity contribution is 6.30. The number of nitrogens with zero attached hydrogens (tertiary/aromatic N) is 2. The second kappa shape index (κ2) is 5.84. The second-order valence-corrected chi connectivity index (χ2v) is 4.37. The first kappa shape index (κ1) is 12.1. The van der Waals surface area contributed by atoms with E-state index in [1.54, 1.807) is 12.1 Å². The van der Waals surface area contributed by atoms with Crippen LogP contribution in [0, 0.1) is 0 Å². The molecule has 0 atom stereocenters. The molecule has 0 unspecified atom stereocenters. The van der Waals surface area contributed by atoms with Gasteiger partial charge in [-0.3, -0.25) is 0 Å². The Balaban J connectivity index is 1.83. The number of rotatable bonds is 4. The van der Waals surface area contributed by atoms with E-state index < -0.39 is 0 Å². The van der Waals surface area contributed by atoms with Gasteiger partial charge in [0.05, 0.1) is 0 Å². The Morgan fingerprint density at radius 1 is 0.941 bits per heavy atom. The molecule has 0 bridgehead atoms. The zero-order chi connectivity index (χ0) is 12.1. The summed E-state index contributed by atoms with van der Waals surface area (Å²) < 4.78 is 0. The fraction of sp³-hybridized carbons (Fsp3) is 0.167. The predicted octanol–water partition coefficient (Wildman–Crippen LogP) is 3.44. The van der Waals surface area contributed by atoms with Crippen molar-refractivity contribution in [2.45, 2.75) is 6.42 Å². The van der Waals surface area contributed by atoms with Crippen molar-refractivity contribution in [2.24, 2.45) is 0 Å². The van der Waals surface area contributed by atoms with E-state index in [2.05, 4.69) is 15.5 Å². The smallest absolute Gasteiger partial charge is 0.151 e. The van der Waals surface area contributed by atoms with E-state index in [0.717, 1.165) is 23.8 Å². The van der Waals surface area contributed by atoms with Gasteiger partial charge >= 0.3 is 0 Å². The first-order chi connectivity index (χ1) is 8.24. The van der Waals surface area contributed by atoms with Gasteiger partial charge in [-0.25, -0.2) is 0 Å². The molecule has 0 spiro atoms. The van der Waals surface area contributed by atoms with Crippen molar-refractivity contribution in [3.63, 3.8) is 0 Å². The fourth-order valence-corrected chi connectivity index (χ4v) is 1.62. The largest absolute Gasteiger partial charge is 0.368 e.